The second kappa shape index (κ2) is 4.86. The fraction of sp³-hybridized carbons (Fsp3) is 0.538. The van der Waals surface area contributed by atoms with Crippen molar-refractivity contribution in [1.82, 2.24) is 4.90 Å². The molecule has 3 heteroatoms. The number of aliphatic hydroxyl groups is 1. The van der Waals surface area contributed by atoms with Crippen LogP contribution in [-0.2, 0) is 6.54 Å². The number of benzene rings is 1. The van der Waals surface area contributed by atoms with E-state index in [1.807, 2.05) is 13.0 Å². The van der Waals surface area contributed by atoms with Crippen LogP contribution in [0.4, 0.5) is 0 Å². The van der Waals surface area contributed by atoms with Gasteiger partial charge in [-0.15, -0.1) is 0 Å². The maximum atomic E-state index is 9.88. The van der Waals surface area contributed by atoms with Crippen LogP contribution in [0.25, 0.3) is 0 Å². The van der Waals surface area contributed by atoms with Crippen molar-refractivity contribution in [3.8, 4) is 0 Å². The molecule has 1 N–H and O–H groups in total. The first-order chi connectivity index (χ1) is 7.57. The SMILES string of the molecule is CC1(O)CCN(Cc2ccccc2Br)CC1. The van der Waals surface area contributed by atoms with Gasteiger partial charge in [0.1, 0.15) is 0 Å². The van der Waals surface area contributed by atoms with Gasteiger partial charge in [-0.25, -0.2) is 0 Å². The Kier molecular flexibility index (Phi) is 3.67. The summed E-state index contributed by atoms with van der Waals surface area (Å²) in [6.07, 6.45) is 1.74. The van der Waals surface area contributed by atoms with Crippen molar-refractivity contribution < 1.29 is 5.11 Å². The van der Waals surface area contributed by atoms with Crippen molar-refractivity contribution in [3.63, 3.8) is 0 Å². The summed E-state index contributed by atoms with van der Waals surface area (Å²) in [5, 5.41) is 9.88. The smallest absolute Gasteiger partial charge is 0.0644 e. The zero-order chi connectivity index (χ0) is 11.6. The van der Waals surface area contributed by atoms with Crippen LogP contribution in [0.3, 0.4) is 0 Å². The van der Waals surface area contributed by atoms with Crippen LogP contribution in [0.15, 0.2) is 28.7 Å². The van der Waals surface area contributed by atoms with E-state index in [0.29, 0.717) is 0 Å². The van der Waals surface area contributed by atoms with Crippen molar-refractivity contribution in [3.05, 3.63) is 34.3 Å². The van der Waals surface area contributed by atoms with Gasteiger partial charge in [-0.05, 0) is 31.4 Å². The predicted molar refractivity (Wildman–Crippen MR) is 69.3 cm³/mol. The van der Waals surface area contributed by atoms with Crippen molar-refractivity contribution in [2.75, 3.05) is 13.1 Å². The highest BCUT2D eigenvalue weighted by atomic mass is 79.9. The molecule has 88 valence electrons. The first-order valence-electron chi connectivity index (χ1n) is 5.75. The molecule has 0 saturated carbocycles. The Morgan fingerprint density at radius 1 is 1.31 bits per heavy atom. The summed E-state index contributed by atoms with van der Waals surface area (Å²) in [7, 11) is 0. The van der Waals surface area contributed by atoms with Gasteiger partial charge in [-0.3, -0.25) is 4.90 Å². The largest absolute Gasteiger partial charge is 0.390 e. The highest BCUT2D eigenvalue weighted by Gasteiger charge is 2.27. The topological polar surface area (TPSA) is 23.5 Å². The number of hydrogen-bond acceptors (Lipinski definition) is 2. The van der Waals surface area contributed by atoms with Gasteiger partial charge in [-0.2, -0.15) is 0 Å². The molecule has 16 heavy (non-hydrogen) atoms. The monoisotopic (exact) mass is 283 g/mol. The van der Waals surface area contributed by atoms with Gasteiger partial charge in [0, 0.05) is 24.1 Å². The summed E-state index contributed by atoms with van der Waals surface area (Å²) in [6.45, 7) is 4.86. The van der Waals surface area contributed by atoms with E-state index in [1.54, 1.807) is 0 Å². The number of halogens is 1. The molecule has 1 fully saturated rings. The summed E-state index contributed by atoms with van der Waals surface area (Å²) < 4.78 is 1.17. The Bertz CT molecular complexity index is 355. The van der Waals surface area contributed by atoms with Crippen molar-refractivity contribution in [2.24, 2.45) is 0 Å². The van der Waals surface area contributed by atoms with Gasteiger partial charge in [0.15, 0.2) is 0 Å². The first-order valence-corrected chi connectivity index (χ1v) is 6.54. The molecule has 1 aliphatic rings. The summed E-state index contributed by atoms with van der Waals surface area (Å²) in [6, 6.07) is 8.33. The van der Waals surface area contributed by atoms with E-state index in [1.165, 1.54) is 10.0 Å². The van der Waals surface area contributed by atoms with Gasteiger partial charge in [0.25, 0.3) is 0 Å². The molecule has 0 aromatic heterocycles. The lowest BCUT2D eigenvalue weighted by atomic mass is 9.93. The molecule has 1 aromatic rings. The summed E-state index contributed by atoms with van der Waals surface area (Å²) in [5.74, 6) is 0. The van der Waals surface area contributed by atoms with Gasteiger partial charge in [0.05, 0.1) is 5.60 Å². The number of rotatable bonds is 2. The molecule has 2 nitrogen and oxygen atoms in total. The Morgan fingerprint density at radius 3 is 2.56 bits per heavy atom. The lowest BCUT2D eigenvalue weighted by Gasteiger charge is -2.35. The Balaban J connectivity index is 1.95. The molecule has 1 aliphatic heterocycles. The van der Waals surface area contributed by atoms with E-state index in [-0.39, 0.29) is 0 Å². The van der Waals surface area contributed by atoms with Crippen LogP contribution in [-0.4, -0.2) is 28.7 Å². The molecule has 2 rings (SSSR count). The number of piperidine rings is 1. The number of hydrogen-bond donors (Lipinski definition) is 1. The van der Waals surface area contributed by atoms with Crippen LogP contribution in [0.5, 0.6) is 0 Å². The van der Waals surface area contributed by atoms with Gasteiger partial charge in [0.2, 0.25) is 0 Å². The molecule has 0 bridgehead atoms. The van der Waals surface area contributed by atoms with E-state index in [9.17, 15) is 5.11 Å². The van der Waals surface area contributed by atoms with E-state index in [2.05, 4.69) is 39.0 Å². The van der Waals surface area contributed by atoms with E-state index in [0.717, 1.165) is 32.5 Å². The molecule has 1 saturated heterocycles. The van der Waals surface area contributed by atoms with Gasteiger partial charge >= 0.3 is 0 Å². The molecule has 1 heterocycles. The van der Waals surface area contributed by atoms with Crippen LogP contribution >= 0.6 is 15.9 Å². The van der Waals surface area contributed by atoms with E-state index < -0.39 is 5.60 Å². The standard InChI is InChI=1S/C13H18BrNO/c1-13(16)6-8-15(9-7-13)10-11-4-2-3-5-12(11)14/h2-5,16H,6-10H2,1H3. The van der Waals surface area contributed by atoms with Crippen molar-refractivity contribution in [1.29, 1.82) is 0 Å². The number of nitrogens with zero attached hydrogens (tertiary/aromatic N) is 1. The summed E-state index contributed by atoms with van der Waals surface area (Å²) in [4.78, 5) is 2.40. The Labute approximate surface area is 105 Å². The van der Waals surface area contributed by atoms with Crippen LogP contribution in [0.2, 0.25) is 0 Å². The van der Waals surface area contributed by atoms with Gasteiger partial charge < -0.3 is 5.11 Å². The first kappa shape index (κ1) is 12.1. The average Bonchev–Trinajstić information content (AvgIpc) is 2.24. The molecule has 0 atom stereocenters. The fourth-order valence-corrected chi connectivity index (χ4v) is 2.47. The minimum Gasteiger partial charge on any atom is -0.390 e. The van der Waals surface area contributed by atoms with E-state index in [4.69, 9.17) is 0 Å². The van der Waals surface area contributed by atoms with Crippen molar-refractivity contribution >= 4 is 15.9 Å². The second-order valence-electron chi connectivity index (χ2n) is 4.86. The molecule has 0 radical (unpaired) electrons. The third-order valence-corrected chi connectivity index (χ3v) is 4.06. The quantitative estimate of drug-likeness (QED) is 0.902. The second-order valence-corrected chi connectivity index (χ2v) is 5.72. The summed E-state index contributed by atoms with van der Waals surface area (Å²) in [5.41, 5.74) is 0.869. The minimum absolute atomic E-state index is 0.454. The maximum absolute atomic E-state index is 9.88. The normalized spacial score (nSPS) is 20.9. The molecule has 0 unspecified atom stereocenters. The Morgan fingerprint density at radius 2 is 1.94 bits per heavy atom. The fourth-order valence-electron chi connectivity index (χ4n) is 2.06. The third-order valence-electron chi connectivity index (χ3n) is 3.29. The third kappa shape index (κ3) is 3.06. The zero-order valence-electron chi connectivity index (χ0n) is 9.62. The minimum atomic E-state index is -0.454. The molecule has 0 amide bonds. The van der Waals surface area contributed by atoms with Gasteiger partial charge in [-0.1, -0.05) is 34.1 Å². The van der Waals surface area contributed by atoms with Crippen LogP contribution in [0, 0.1) is 0 Å². The molecule has 1 aromatic carbocycles. The maximum Gasteiger partial charge on any atom is 0.0644 e. The number of likely N-dealkylation sites (tertiary alicyclic amines) is 1. The van der Waals surface area contributed by atoms with Crippen LogP contribution in [0.1, 0.15) is 25.3 Å². The molecular formula is C13H18BrNO. The molecular weight excluding hydrogens is 266 g/mol. The molecule has 0 spiro atoms. The van der Waals surface area contributed by atoms with Crippen molar-refractivity contribution in [2.45, 2.75) is 31.9 Å². The van der Waals surface area contributed by atoms with Crippen LogP contribution < -0.4 is 0 Å². The predicted octanol–water partition coefficient (Wildman–Crippen LogP) is 2.80. The average molecular weight is 284 g/mol. The molecule has 0 aliphatic carbocycles. The Hall–Kier alpha value is -0.380. The lowest BCUT2D eigenvalue weighted by Crippen LogP contribution is -2.41. The summed E-state index contributed by atoms with van der Waals surface area (Å²) >= 11 is 3.57. The lowest BCUT2D eigenvalue weighted by molar-refractivity contribution is -0.00734. The van der Waals surface area contributed by atoms with E-state index >= 15 is 0 Å². The highest BCUT2D eigenvalue weighted by Crippen LogP contribution is 2.24. The highest BCUT2D eigenvalue weighted by molar-refractivity contribution is 9.10. The zero-order valence-corrected chi connectivity index (χ0v) is 11.2.